The summed E-state index contributed by atoms with van der Waals surface area (Å²) in [5.74, 6) is -0.674. The van der Waals surface area contributed by atoms with Gasteiger partial charge in [-0.05, 0) is 18.6 Å². The lowest BCUT2D eigenvalue weighted by Crippen LogP contribution is -2.37. The molecule has 4 rings (SSSR count). The molecular formula is C24H28N8O3. The first-order valence-electron chi connectivity index (χ1n) is 11.3. The lowest BCUT2D eigenvalue weighted by molar-refractivity contribution is -0.122. The molecule has 35 heavy (non-hydrogen) atoms. The second kappa shape index (κ2) is 10.9. The number of carbonyl (C=O) groups is 2. The van der Waals surface area contributed by atoms with Gasteiger partial charge in [0.05, 0.1) is 48.7 Å². The van der Waals surface area contributed by atoms with Crippen molar-refractivity contribution in [3.63, 3.8) is 0 Å². The number of nitrogens with two attached hydrogens (primary N) is 2. The molecule has 1 aliphatic rings. The lowest BCUT2D eigenvalue weighted by atomic mass is 10.1. The number of aromatic nitrogens is 3. The monoisotopic (exact) mass is 476 g/mol. The number of rotatable bonds is 7. The minimum absolute atomic E-state index is 0.0209. The molecule has 0 radical (unpaired) electrons. The van der Waals surface area contributed by atoms with Gasteiger partial charge in [0.15, 0.2) is 11.5 Å². The van der Waals surface area contributed by atoms with Crippen molar-refractivity contribution < 1.29 is 14.3 Å². The van der Waals surface area contributed by atoms with Crippen LogP contribution < -0.4 is 27.0 Å². The SMILES string of the molecule is C[C@H](N)C(=O)NCc1ccc(-c2cnc(N)c(C(=O)Nc3cnccc3N3CCOCC3)n2)cc1. The summed E-state index contributed by atoms with van der Waals surface area (Å²) in [5, 5.41) is 5.64. The summed E-state index contributed by atoms with van der Waals surface area (Å²) >= 11 is 0. The number of hydrogen-bond donors (Lipinski definition) is 4. The Labute approximate surface area is 202 Å². The summed E-state index contributed by atoms with van der Waals surface area (Å²) in [6.07, 6.45) is 4.79. The normalized spacial score (nSPS) is 14.3. The Kier molecular flexibility index (Phi) is 7.48. The van der Waals surface area contributed by atoms with Gasteiger partial charge in [0, 0.05) is 31.4 Å². The predicted molar refractivity (Wildman–Crippen MR) is 133 cm³/mol. The van der Waals surface area contributed by atoms with Gasteiger partial charge in [-0.25, -0.2) is 9.97 Å². The summed E-state index contributed by atoms with van der Waals surface area (Å²) in [6.45, 7) is 4.66. The Morgan fingerprint density at radius 2 is 1.89 bits per heavy atom. The number of nitrogens with zero attached hydrogens (tertiary/aromatic N) is 4. The number of ether oxygens (including phenoxy) is 1. The van der Waals surface area contributed by atoms with E-state index in [1.165, 1.54) is 6.20 Å². The fourth-order valence-corrected chi connectivity index (χ4v) is 3.59. The molecule has 3 heterocycles. The van der Waals surface area contributed by atoms with E-state index in [-0.39, 0.29) is 17.4 Å². The molecule has 2 aromatic heterocycles. The standard InChI is InChI=1S/C24H28N8O3/c1-15(25)23(33)29-12-16-2-4-17(5-3-16)18-14-28-22(26)21(30-18)24(34)31-19-13-27-7-6-20(19)32-8-10-35-11-9-32/h2-7,13-15H,8-12,25H2,1H3,(H2,26,28)(H,29,33)(H,31,34)/t15-/m0/s1. The zero-order valence-corrected chi connectivity index (χ0v) is 19.4. The molecule has 3 aromatic rings. The Morgan fingerprint density at radius 1 is 1.14 bits per heavy atom. The number of anilines is 3. The van der Waals surface area contributed by atoms with Gasteiger partial charge < -0.3 is 31.7 Å². The number of pyridine rings is 1. The maximum Gasteiger partial charge on any atom is 0.278 e. The highest BCUT2D eigenvalue weighted by Gasteiger charge is 2.20. The number of morpholine rings is 1. The van der Waals surface area contributed by atoms with E-state index in [0.29, 0.717) is 31.1 Å². The summed E-state index contributed by atoms with van der Waals surface area (Å²) in [5.41, 5.74) is 15.1. The van der Waals surface area contributed by atoms with Gasteiger partial charge in [-0.15, -0.1) is 0 Å². The molecular weight excluding hydrogens is 448 g/mol. The molecule has 1 atom stereocenters. The Hall–Kier alpha value is -4.09. The molecule has 0 unspecified atom stereocenters. The van der Waals surface area contributed by atoms with Gasteiger partial charge in [0.2, 0.25) is 5.91 Å². The van der Waals surface area contributed by atoms with Crippen LogP contribution in [0.3, 0.4) is 0 Å². The van der Waals surface area contributed by atoms with Crippen molar-refractivity contribution in [2.24, 2.45) is 5.73 Å². The van der Waals surface area contributed by atoms with E-state index in [2.05, 4.69) is 30.5 Å². The van der Waals surface area contributed by atoms with E-state index in [0.717, 1.165) is 29.9 Å². The maximum atomic E-state index is 13.1. The predicted octanol–water partition coefficient (Wildman–Crippen LogP) is 1.17. The van der Waals surface area contributed by atoms with Gasteiger partial charge in [-0.3, -0.25) is 14.6 Å². The quantitative estimate of drug-likeness (QED) is 0.392. The van der Waals surface area contributed by atoms with Gasteiger partial charge >= 0.3 is 0 Å². The average molecular weight is 477 g/mol. The van der Waals surface area contributed by atoms with Crippen LogP contribution in [-0.2, 0) is 16.1 Å². The maximum absolute atomic E-state index is 13.1. The zero-order valence-electron chi connectivity index (χ0n) is 19.4. The summed E-state index contributed by atoms with van der Waals surface area (Å²) in [6, 6.07) is 8.68. The molecule has 0 saturated carbocycles. The minimum atomic E-state index is -0.569. The van der Waals surface area contributed by atoms with Crippen molar-refractivity contribution in [1.82, 2.24) is 20.3 Å². The largest absolute Gasteiger partial charge is 0.382 e. The Morgan fingerprint density at radius 3 is 2.60 bits per heavy atom. The third kappa shape index (κ3) is 5.89. The Balaban J connectivity index is 1.50. The molecule has 1 saturated heterocycles. The van der Waals surface area contributed by atoms with E-state index in [1.54, 1.807) is 19.3 Å². The summed E-state index contributed by atoms with van der Waals surface area (Å²) in [4.78, 5) is 39.7. The molecule has 0 bridgehead atoms. The van der Waals surface area contributed by atoms with Gasteiger partial charge in [-0.1, -0.05) is 24.3 Å². The molecule has 11 nitrogen and oxygen atoms in total. The van der Waals surface area contributed by atoms with E-state index in [4.69, 9.17) is 16.2 Å². The third-order valence-corrected chi connectivity index (χ3v) is 5.54. The van der Waals surface area contributed by atoms with Gasteiger partial charge in [0.1, 0.15) is 0 Å². The van der Waals surface area contributed by atoms with Gasteiger partial charge in [-0.2, -0.15) is 0 Å². The van der Waals surface area contributed by atoms with Crippen LogP contribution in [0.1, 0.15) is 23.0 Å². The molecule has 0 spiro atoms. The van der Waals surface area contributed by atoms with Crippen molar-refractivity contribution >= 4 is 29.0 Å². The molecule has 6 N–H and O–H groups in total. The fraction of sp³-hybridized carbons (Fsp3) is 0.292. The van der Waals surface area contributed by atoms with E-state index < -0.39 is 11.9 Å². The third-order valence-electron chi connectivity index (χ3n) is 5.54. The first kappa shape index (κ1) is 24.0. The highest BCUT2D eigenvalue weighted by atomic mass is 16.5. The first-order chi connectivity index (χ1) is 16.9. The number of benzene rings is 1. The van der Waals surface area contributed by atoms with Crippen LogP contribution in [0, 0.1) is 0 Å². The van der Waals surface area contributed by atoms with Crippen LogP contribution in [0.5, 0.6) is 0 Å². The van der Waals surface area contributed by atoms with Crippen LogP contribution in [0.4, 0.5) is 17.2 Å². The first-order valence-corrected chi connectivity index (χ1v) is 11.3. The van der Waals surface area contributed by atoms with Crippen molar-refractivity contribution in [2.45, 2.75) is 19.5 Å². The topological polar surface area (TPSA) is 161 Å². The van der Waals surface area contributed by atoms with Crippen LogP contribution in [0.25, 0.3) is 11.3 Å². The molecule has 11 heteroatoms. The lowest BCUT2D eigenvalue weighted by Gasteiger charge is -2.30. The molecule has 1 aromatic carbocycles. The highest BCUT2D eigenvalue weighted by Crippen LogP contribution is 2.26. The van der Waals surface area contributed by atoms with Crippen LogP contribution in [-0.4, -0.2) is 59.1 Å². The fourth-order valence-electron chi connectivity index (χ4n) is 3.59. The van der Waals surface area contributed by atoms with Crippen molar-refractivity contribution in [1.29, 1.82) is 0 Å². The zero-order chi connectivity index (χ0) is 24.8. The second-order valence-electron chi connectivity index (χ2n) is 8.14. The molecule has 182 valence electrons. The van der Waals surface area contributed by atoms with E-state index in [1.807, 2.05) is 30.3 Å². The van der Waals surface area contributed by atoms with Crippen molar-refractivity contribution in [3.05, 3.63) is 60.2 Å². The summed E-state index contributed by atoms with van der Waals surface area (Å²) < 4.78 is 5.42. The molecule has 2 amide bonds. The number of carbonyl (C=O) groups excluding carboxylic acids is 2. The number of nitrogens with one attached hydrogen (secondary N) is 2. The number of nitrogen functional groups attached to an aromatic ring is 1. The van der Waals surface area contributed by atoms with Crippen LogP contribution in [0.2, 0.25) is 0 Å². The average Bonchev–Trinajstić information content (AvgIpc) is 2.88. The molecule has 1 aliphatic heterocycles. The van der Waals surface area contributed by atoms with Gasteiger partial charge in [0.25, 0.3) is 5.91 Å². The van der Waals surface area contributed by atoms with E-state index in [9.17, 15) is 9.59 Å². The van der Waals surface area contributed by atoms with Crippen molar-refractivity contribution in [3.8, 4) is 11.3 Å². The molecule has 1 fully saturated rings. The molecule has 0 aliphatic carbocycles. The van der Waals surface area contributed by atoms with E-state index >= 15 is 0 Å². The van der Waals surface area contributed by atoms with Crippen LogP contribution in [0.15, 0.2) is 48.9 Å². The van der Waals surface area contributed by atoms with Crippen LogP contribution >= 0.6 is 0 Å². The minimum Gasteiger partial charge on any atom is -0.382 e. The summed E-state index contributed by atoms with van der Waals surface area (Å²) in [7, 11) is 0. The second-order valence-corrected chi connectivity index (χ2v) is 8.14. The van der Waals surface area contributed by atoms with Crippen molar-refractivity contribution in [2.75, 3.05) is 42.3 Å². The Bertz CT molecular complexity index is 1190. The smallest absolute Gasteiger partial charge is 0.278 e. The highest BCUT2D eigenvalue weighted by molar-refractivity contribution is 6.07. The number of amides is 2. The number of hydrogen-bond acceptors (Lipinski definition) is 9.